The summed E-state index contributed by atoms with van der Waals surface area (Å²) in [4.78, 5) is 23.6. The van der Waals surface area contributed by atoms with Gasteiger partial charge in [-0.3, -0.25) is 14.9 Å². The third-order valence-electron chi connectivity index (χ3n) is 3.90. The summed E-state index contributed by atoms with van der Waals surface area (Å²) in [6.07, 6.45) is 0. The second kappa shape index (κ2) is 6.37. The monoisotopic (exact) mass is 363 g/mol. The molecule has 27 heavy (non-hydrogen) atoms. The normalized spacial score (nSPS) is 10.9. The first-order valence-electron chi connectivity index (χ1n) is 7.99. The molecule has 0 saturated carbocycles. The second-order valence-electron chi connectivity index (χ2n) is 5.88. The largest absolute Gasteiger partial charge is 0.433 e. The first kappa shape index (κ1) is 16.5. The number of benzene rings is 2. The number of nitrogens with one attached hydrogen (secondary N) is 1. The molecule has 4 aromatic rings. The highest BCUT2D eigenvalue weighted by Crippen LogP contribution is 2.20. The van der Waals surface area contributed by atoms with Gasteiger partial charge in [0.15, 0.2) is 5.76 Å². The lowest BCUT2D eigenvalue weighted by atomic mass is 10.2. The maximum Gasteiger partial charge on any atom is 0.433 e. The summed E-state index contributed by atoms with van der Waals surface area (Å²) in [6, 6.07) is 15.2. The molecule has 2 aromatic carbocycles. The summed E-state index contributed by atoms with van der Waals surface area (Å²) in [5.41, 5.74) is 3.70. The van der Waals surface area contributed by atoms with Crippen LogP contribution in [0.5, 0.6) is 0 Å². The first-order valence-corrected chi connectivity index (χ1v) is 7.99. The second-order valence-corrected chi connectivity index (χ2v) is 5.88. The number of fused-ring (bicyclic) bond motifs is 1. The van der Waals surface area contributed by atoms with E-state index in [4.69, 9.17) is 4.42 Å². The van der Waals surface area contributed by atoms with Gasteiger partial charge in [-0.15, -0.1) is 10.2 Å². The van der Waals surface area contributed by atoms with Crippen LogP contribution in [-0.4, -0.2) is 25.8 Å². The molecule has 0 aliphatic heterocycles. The summed E-state index contributed by atoms with van der Waals surface area (Å²) in [5.74, 6) is -1.23. The van der Waals surface area contributed by atoms with Gasteiger partial charge in [-0.2, -0.15) is 4.80 Å². The summed E-state index contributed by atoms with van der Waals surface area (Å²) < 4.78 is 4.89. The highest BCUT2D eigenvalue weighted by molar-refractivity contribution is 6.03. The number of aryl methyl sites for hydroxylation is 1. The van der Waals surface area contributed by atoms with E-state index in [9.17, 15) is 14.9 Å². The SMILES string of the molecule is Cc1ccc(-n2nc3ccc(NC(=O)c4ccc([N+](=O)[O-])o4)cc3n2)cc1. The molecule has 0 unspecified atom stereocenters. The summed E-state index contributed by atoms with van der Waals surface area (Å²) in [7, 11) is 0. The van der Waals surface area contributed by atoms with Crippen molar-refractivity contribution >= 4 is 28.5 Å². The van der Waals surface area contributed by atoms with Crippen molar-refractivity contribution in [1.29, 1.82) is 0 Å². The van der Waals surface area contributed by atoms with E-state index in [1.54, 1.807) is 18.2 Å². The zero-order valence-corrected chi connectivity index (χ0v) is 14.1. The van der Waals surface area contributed by atoms with Crippen LogP contribution in [0.1, 0.15) is 16.1 Å². The predicted molar refractivity (Wildman–Crippen MR) is 96.9 cm³/mol. The molecule has 1 N–H and O–H groups in total. The van der Waals surface area contributed by atoms with Crippen molar-refractivity contribution in [3.8, 4) is 5.69 Å². The molecule has 0 aliphatic carbocycles. The van der Waals surface area contributed by atoms with E-state index in [-0.39, 0.29) is 5.76 Å². The van der Waals surface area contributed by atoms with Crippen molar-refractivity contribution < 1.29 is 14.1 Å². The number of hydrogen-bond acceptors (Lipinski definition) is 6. The van der Waals surface area contributed by atoms with Crippen LogP contribution in [0.4, 0.5) is 11.6 Å². The fraction of sp³-hybridized carbons (Fsp3) is 0.0556. The smallest absolute Gasteiger partial charge is 0.395 e. The molecule has 134 valence electrons. The Morgan fingerprint density at radius 3 is 2.52 bits per heavy atom. The number of anilines is 1. The number of furan rings is 1. The third kappa shape index (κ3) is 3.25. The molecule has 0 bridgehead atoms. The Balaban J connectivity index is 1.58. The molecule has 0 spiro atoms. The topological polar surface area (TPSA) is 116 Å². The Hall–Kier alpha value is -4.01. The minimum Gasteiger partial charge on any atom is -0.395 e. The van der Waals surface area contributed by atoms with E-state index in [1.165, 1.54) is 10.9 Å². The number of hydrogen-bond donors (Lipinski definition) is 1. The summed E-state index contributed by atoms with van der Waals surface area (Å²) in [6.45, 7) is 2.00. The number of nitro groups is 1. The molecule has 1 amide bonds. The standard InChI is InChI=1S/C18H13N5O4/c1-11-2-5-13(6-3-11)22-20-14-7-4-12(10-15(14)21-22)19-18(24)16-8-9-17(27-16)23(25)26/h2-10H,1H3,(H,19,24). The summed E-state index contributed by atoms with van der Waals surface area (Å²) >= 11 is 0. The zero-order chi connectivity index (χ0) is 19.0. The van der Waals surface area contributed by atoms with Crippen LogP contribution in [0.3, 0.4) is 0 Å². The molecule has 0 atom stereocenters. The maximum absolute atomic E-state index is 12.2. The van der Waals surface area contributed by atoms with E-state index in [0.717, 1.165) is 17.3 Å². The molecule has 0 saturated heterocycles. The Labute approximate surface area is 152 Å². The van der Waals surface area contributed by atoms with Crippen LogP contribution in [0.2, 0.25) is 0 Å². The van der Waals surface area contributed by atoms with Gasteiger partial charge in [0.25, 0.3) is 5.91 Å². The fourth-order valence-electron chi connectivity index (χ4n) is 2.53. The van der Waals surface area contributed by atoms with E-state index < -0.39 is 16.7 Å². The first-order chi connectivity index (χ1) is 13.0. The van der Waals surface area contributed by atoms with Crippen LogP contribution in [0.25, 0.3) is 16.7 Å². The lowest BCUT2D eigenvalue weighted by Gasteiger charge is -2.01. The number of aromatic nitrogens is 3. The van der Waals surface area contributed by atoms with Gasteiger partial charge in [0.05, 0.1) is 11.8 Å². The molecule has 0 radical (unpaired) electrons. The van der Waals surface area contributed by atoms with Crippen molar-refractivity contribution in [2.24, 2.45) is 0 Å². The van der Waals surface area contributed by atoms with Gasteiger partial charge in [-0.25, -0.2) is 0 Å². The highest BCUT2D eigenvalue weighted by Gasteiger charge is 2.17. The number of carbonyl (C=O) groups is 1. The van der Waals surface area contributed by atoms with Crippen molar-refractivity contribution in [2.45, 2.75) is 6.92 Å². The van der Waals surface area contributed by atoms with Crippen LogP contribution >= 0.6 is 0 Å². The van der Waals surface area contributed by atoms with Gasteiger partial charge in [-0.05, 0) is 43.3 Å². The molecule has 0 aliphatic rings. The third-order valence-corrected chi connectivity index (χ3v) is 3.90. The lowest BCUT2D eigenvalue weighted by molar-refractivity contribution is -0.402. The molecule has 9 heteroatoms. The minimum atomic E-state index is -0.702. The number of nitrogens with zero attached hydrogens (tertiary/aromatic N) is 4. The van der Waals surface area contributed by atoms with Gasteiger partial charge in [0.2, 0.25) is 0 Å². The van der Waals surface area contributed by atoms with Gasteiger partial charge in [-0.1, -0.05) is 17.7 Å². The number of amides is 1. The Morgan fingerprint density at radius 1 is 1.07 bits per heavy atom. The Kier molecular flexibility index (Phi) is 3.88. The molecule has 4 rings (SSSR count). The average molecular weight is 363 g/mol. The molecular formula is C18H13N5O4. The number of rotatable bonds is 4. The maximum atomic E-state index is 12.2. The van der Waals surface area contributed by atoms with Crippen molar-refractivity contribution in [3.63, 3.8) is 0 Å². The minimum absolute atomic E-state index is 0.148. The predicted octanol–water partition coefficient (Wildman–Crippen LogP) is 3.48. The summed E-state index contributed by atoms with van der Waals surface area (Å²) in [5, 5.41) is 22.1. The van der Waals surface area contributed by atoms with Crippen LogP contribution in [0, 0.1) is 17.0 Å². The molecule has 2 aromatic heterocycles. The van der Waals surface area contributed by atoms with E-state index >= 15 is 0 Å². The van der Waals surface area contributed by atoms with Crippen LogP contribution in [-0.2, 0) is 0 Å². The highest BCUT2D eigenvalue weighted by atomic mass is 16.6. The van der Waals surface area contributed by atoms with Crippen molar-refractivity contribution in [2.75, 3.05) is 5.32 Å². The molecular weight excluding hydrogens is 350 g/mol. The van der Waals surface area contributed by atoms with Crippen molar-refractivity contribution in [3.05, 3.63) is 76.0 Å². The van der Waals surface area contributed by atoms with Gasteiger partial charge >= 0.3 is 5.88 Å². The van der Waals surface area contributed by atoms with E-state index in [2.05, 4.69) is 15.5 Å². The molecule has 2 heterocycles. The zero-order valence-electron chi connectivity index (χ0n) is 14.1. The van der Waals surface area contributed by atoms with Crippen LogP contribution in [0.15, 0.2) is 59.0 Å². The van der Waals surface area contributed by atoms with E-state index in [1.807, 2.05) is 31.2 Å². The average Bonchev–Trinajstić information content (AvgIpc) is 3.29. The van der Waals surface area contributed by atoms with E-state index in [0.29, 0.717) is 16.7 Å². The fourth-order valence-corrected chi connectivity index (χ4v) is 2.53. The lowest BCUT2D eigenvalue weighted by Crippen LogP contribution is -2.10. The molecule has 0 fully saturated rings. The molecule has 9 nitrogen and oxygen atoms in total. The van der Waals surface area contributed by atoms with Gasteiger partial charge in [0.1, 0.15) is 16.0 Å². The number of carbonyl (C=O) groups excluding carboxylic acids is 1. The van der Waals surface area contributed by atoms with Crippen molar-refractivity contribution in [1.82, 2.24) is 15.0 Å². The van der Waals surface area contributed by atoms with Crippen LogP contribution < -0.4 is 5.32 Å². The quantitative estimate of drug-likeness (QED) is 0.438. The van der Waals surface area contributed by atoms with Gasteiger partial charge < -0.3 is 9.73 Å². The Bertz CT molecular complexity index is 1160. The Morgan fingerprint density at radius 2 is 1.81 bits per heavy atom. The van der Waals surface area contributed by atoms with Gasteiger partial charge in [0, 0.05) is 5.69 Å².